The molecule has 118 valence electrons. The molecular weight excluding hydrogens is 320 g/mol. The molecule has 0 saturated carbocycles. The van der Waals surface area contributed by atoms with Crippen LogP contribution in [-0.4, -0.2) is 11.4 Å². The van der Waals surface area contributed by atoms with Crippen LogP contribution in [0.4, 0.5) is 8.78 Å². The van der Waals surface area contributed by atoms with Crippen LogP contribution in [0.1, 0.15) is 35.4 Å². The van der Waals surface area contributed by atoms with Crippen LogP contribution in [0.25, 0.3) is 0 Å². The van der Waals surface area contributed by atoms with Gasteiger partial charge in [0, 0.05) is 28.5 Å². The molecule has 0 bridgehead atoms. The fourth-order valence-electron chi connectivity index (χ4n) is 2.78. The first-order chi connectivity index (χ1) is 11.0. The lowest BCUT2D eigenvalue weighted by molar-refractivity contribution is 0.149. The SMILES string of the molecule is CSc1ccc(Oc2cc(F)cc(C#N)c2)c2c1C(O)CC2F. The molecule has 1 N–H and O–H groups in total. The highest BCUT2D eigenvalue weighted by Gasteiger charge is 2.35. The number of aliphatic hydroxyl groups is 1. The Morgan fingerprint density at radius 1 is 1.30 bits per heavy atom. The van der Waals surface area contributed by atoms with Crippen LogP contribution in [0.2, 0.25) is 0 Å². The summed E-state index contributed by atoms with van der Waals surface area (Å²) in [4.78, 5) is 0.789. The summed E-state index contributed by atoms with van der Waals surface area (Å²) >= 11 is 1.42. The molecule has 2 aromatic rings. The zero-order chi connectivity index (χ0) is 16.6. The maximum atomic E-state index is 14.3. The lowest BCUT2D eigenvalue weighted by Crippen LogP contribution is -1.97. The Balaban J connectivity index is 2.06. The minimum Gasteiger partial charge on any atom is -0.457 e. The summed E-state index contributed by atoms with van der Waals surface area (Å²) in [6.07, 6.45) is -0.393. The van der Waals surface area contributed by atoms with E-state index in [0.29, 0.717) is 11.1 Å². The molecule has 2 atom stereocenters. The van der Waals surface area contributed by atoms with Gasteiger partial charge in [-0.25, -0.2) is 8.78 Å². The summed E-state index contributed by atoms with van der Waals surface area (Å²) in [5.74, 6) is -0.251. The van der Waals surface area contributed by atoms with Crippen molar-refractivity contribution in [3.05, 3.63) is 52.8 Å². The summed E-state index contributed by atoms with van der Waals surface area (Å²) in [5, 5.41) is 19.0. The normalized spacial score (nSPS) is 19.3. The molecule has 0 spiro atoms. The number of hydrogen-bond acceptors (Lipinski definition) is 4. The average Bonchev–Trinajstić information content (AvgIpc) is 2.83. The number of nitriles is 1. The Hall–Kier alpha value is -2.10. The zero-order valence-corrected chi connectivity index (χ0v) is 13.0. The molecule has 0 aromatic heterocycles. The van der Waals surface area contributed by atoms with Crippen LogP contribution in [0.5, 0.6) is 11.5 Å². The number of rotatable bonds is 3. The van der Waals surface area contributed by atoms with Gasteiger partial charge in [-0.3, -0.25) is 0 Å². The Kier molecular flexibility index (Phi) is 4.24. The van der Waals surface area contributed by atoms with E-state index in [4.69, 9.17) is 10.00 Å². The van der Waals surface area contributed by atoms with Gasteiger partial charge < -0.3 is 9.84 Å². The first kappa shape index (κ1) is 15.8. The minimum atomic E-state index is -1.34. The molecule has 1 aliphatic rings. The highest BCUT2D eigenvalue weighted by atomic mass is 32.2. The van der Waals surface area contributed by atoms with Crippen molar-refractivity contribution in [1.29, 1.82) is 5.26 Å². The molecule has 0 radical (unpaired) electrons. The van der Waals surface area contributed by atoms with Crippen molar-refractivity contribution in [3.8, 4) is 17.6 Å². The van der Waals surface area contributed by atoms with E-state index in [1.807, 2.05) is 12.3 Å². The first-order valence-corrected chi connectivity index (χ1v) is 8.17. The van der Waals surface area contributed by atoms with E-state index in [0.717, 1.165) is 17.0 Å². The number of aliphatic hydroxyl groups excluding tert-OH is 1. The van der Waals surface area contributed by atoms with E-state index in [2.05, 4.69) is 0 Å². The molecule has 23 heavy (non-hydrogen) atoms. The van der Waals surface area contributed by atoms with Crippen LogP contribution in [0, 0.1) is 17.1 Å². The number of halogens is 2. The summed E-state index contributed by atoms with van der Waals surface area (Å²) in [5.41, 5.74) is 0.945. The van der Waals surface area contributed by atoms with Gasteiger partial charge in [0.15, 0.2) is 0 Å². The molecule has 2 aromatic carbocycles. The summed E-state index contributed by atoms with van der Waals surface area (Å²) in [6, 6.07) is 8.80. The van der Waals surface area contributed by atoms with Gasteiger partial charge in [0.2, 0.25) is 0 Å². The summed E-state index contributed by atoms with van der Waals surface area (Å²) < 4.78 is 33.4. The van der Waals surface area contributed by atoms with Gasteiger partial charge >= 0.3 is 0 Å². The monoisotopic (exact) mass is 333 g/mol. The smallest absolute Gasteiger partial charge is 0.134 e. The van der Waals surface area contributed by atoms with Gasteiger partial charge in [0.1, 0.15) is 23.5 Å². The number of alkyl halides is 1. The minimum absolute atomic E-state index is 0.0180. The van der Waals surface area contributed by atoms with Gasteiger partial charge in [-0.05, 0) is 30.5 Å². The Morgan fingerprint density at radius 2 is 2.09 bits per heavy atom. The first-order valence-electron chi connectivity index (χ1n) is 6.95. The van der Waals surface area contributed by atoms with Gasteiger partial charge in [0.05, 0.1) is 17.7 Å². The highest BCUT2D eigenvalue weighted by Crippen LogP contribution is 2.50. The van der Waals surface area contributed by atoms with E-state index in [1.165, 1.54) is 17.8 Å². The van der Waals surface area contributed by atoms with Crippen molar-refractivity contribution in [2.24, 2.45) is 0 Å². The second-order valence-corrected chi connectivity index (χ2v) is 6.05. The largest absolute Gasteiger partial charge is 0.457 e. The third kappa shape index (κ3) is 2.90. The predicted octanol–water partition coefficient (Wildman–Crippen LogP) is 4.66. The van der Waals surface area contributed by atoms with Gasteiger partial charge in [-0.2, -0.15) is 5.26 Å². The lowest BCUT2D eigenvalue weighted by Gasteiger charge is -2.15. The van der Waals surface area contributed by atoms with E-state index < -0.39 is 18.1 Å². The molecule has 0 aliphatic heterocycles. The van der Waals surface area contributed by atoms with Crippen molar-refractivity contribution < 1.29 is 18.6 Å². The molecule has 3 rings (SSSR count). The lowest BCUT2D eigenvalue weighted by atomic mass is 10.1. The van der Waals surface area contributed by atoms with E-state index in [9.17, 15) is 13.9 Å². The number of nitrogens with zero attached hydrogens (tertiary/aromatic N) is 1. The van der Waals surface area contributed by atoms with Crippen molar-refractivity contribution in [2.45, 2.75) is 23.6 Å². The van der Waals surface area contributed by atoms with Crippen LogP contribution < -0.4 is 4.74 Å². The number of ether oxygens (including phenoxy) is 1. The topological polar surface area (TPSA) is 53.2 Å². The molecule has 0 fully saturated rings. The molecular formula is C17H13F2NO2S. The average molecular weight is 333 g/mol. The zero-order valence-electron chi connectivity index (χ0n) is 12.2. The second-order valence-electron chi connectivity index (χ2n) is 5.20. The van der Waals surface area contributed by atoms with E-state index in [1.54, 1.807) is 12.1 Å². The molecule has 3 nitrogen and oxygen atoms in total. The molecule has 0 amide bonds. The van der Waals surface area contributed by atoms with E-state index >= 15 is 0 Å². The van der Waals surface area contributed by atoms with Gasteiger partial charge in [-0.15, -0.1) is 11.8 Å². The fraction of sp³-hybridized carbons (Fsp3) is 0.235. The van der Waals surface area contributed by atoms with Crippen LogP contribution in [0.3, 0.4) is 0 Å². The number of fused-ring (bicyclic) bond motifs is 1. The van der Waals surface area contributed by atoms with Crippen molar-refractivity contribution in [2.75, 3.05) is 6.26 Å². The molecule has 6 heteroatoms. The van der Waals surface area contributed by atoms with Crippen LogP contribution in [-0.2, 0) is 0 Å². The summed E-state index contributed by atoms with van der Waals surface area (Å²) in [7, 11) is 0. The Labute approximate surface area is 136 Å². The number of thioether (sulfide) groups is 1. The number of benzene rings is 2. The van der Waals surface area contributed by atoms with E-state index in [-0.39, 0.29) is 23.5 Å². The fourth-order valence-corrected chi connectivity index (χ4v) is 3.45. The van der Waals surface area contributed by atoms with Crippen LogP contribution >= 0.6 is 11.8 Å². The molecule has 0 heterocycles. The van der Waals surface area contributed by atoms with Crippen LogP contribution in [0.15, 0.2) is 35.2 Å². The molecule has 1 aliphatic carbocycles. The van der Waals surface area contributed by atoms with Crippen molar-refractivity contribution in [3.63, 3.8) is 0 Å². The predicted molar refractivity (Wildman–Crippen MR) is 82.8 cm³/mol. The van der Waals surface area contributed by atoms with Crippen molar-refractivity contribution >= 4 is 11.8 Å². The molecule has 0 saturated heterocycles. The van der Waals surface area contributed by atoms with Gasteiger partial charge in [-0.1, -0.05) is 0 Å². The Morgan fingerprint density at radius 3 is 2.78 bits per heavy atom. The summed E-state index contributed by atoms with van der Waals surface area (Å²) in [6.45, 7) is 0. The standard InChI is InChI=1S/C17H13F2NO2S/c1-23-15-3-2-14(16-12(19)7-13(21)17(15)16)22-11-5-9(8-20)4-10(18)6-11/h2-6,12-13,21H,7H2,1H3. The second kappa shape index (κ2) is 6.19. The van der Waals surface area contributed by atoms with Crippen molar-refractivity contribution in [1.82, 2.24) is 0 Å². The number of hydrogen-bond donors (Lipinski definition) is 1. The third-order valence-electron chi connectivity index (χ3n) is 3.73. The quantitative estimate of drug-likeness (QED) is 0.830. The maximum Gasteiger partial charge on any atom is 0.134 e. The molecule has 2 unspecified atom stereocenters. The highest BCUT2D eigenvalue weighted by molar-refractivity contribution is 7.98. The Bertz CT molecular complexity index is 804. The third-order valence-corrected chi connectivity index (χ3v) is 4.53. The van der Waals surface area contributed by atoms with Gasteiger partial charge in [0.25, 0.3) is 0 Å². The maximum absolute atomic E-state index is 14.3.